The van der Waals surface area contributed by atoms with Crippen LogP contribution in [-0.4, -0.2) is 49.1 Å². The number of nitrogens with one attached hydrogen (secondary N) is 1. The maximum atomic E-state index is 11.8. The van der Waals surface area contributed by atoms with Crippen molar-refractivity contribution < 1.29 is 28.8 Å². The Labute approximate surface area is 206 Å². The molecule has 0 aliphatic carbocycles. The molecule has 0 atom stereocenters. The van der Waals surface area contributed by atoms with Crippen LogP contribution < -0.4 is 10.2 Å². The van der Waals surface area contributed by atoms with Crippen molar-refractivity contribution >= 4 is 57.9 Å². The fraction of sp³-hybridized carbons (Fsp3) is 0.318. The third-order valence-electron chi connectivity index (χ3n) is 4.40. The largest absolute Gasteiger partial charge is 0.464 e. The minimum atomic E-state index is -0.576. The number of carbonyl (C=O) groups is 3. The van der Waals surface area contributed by atoms with Gasteiger partial charge in [0.1, 0.15) is 24.6 Å². The van der Waals surface area contributed by atoms with Gasteiger partial charge in [0.25, 0.3) is 5.69 Å². The Balaban J connectivity index is 2.36. The maximum Gasteiger partial charge on any atom is 0.302 e. The Morgan fingerprint density at radius 1 is 0.971 bits per heavy atom. The number of ether oxygens (including phenoxy) is 2. The molecule has 1 amide bonds. The van der Waals surface area contributed by atoms with Gasteiger partial charge in [-0.05, 0) is 24.3 Å². The Morgan fingerprint density at radius 3 is 2.11 bits per heavy atom. The number of hydrogen-bond acceptors (Lipinski definition) is 10. The zero-order valence-corrected chi connectivity index (χ0v) is 20.1. The minimum Gasteiger partial charge on any atom is -0.464 e. The second-order valence-electron chi connectivity index (χ2n) is 7.14. The second kappa shape index (κ2) is 13.0. The molecule has 186 valence electrons. The molecule has 0 heterocycles. The predicted molar refractivity (Wildman–Crippen MR) is 129 cm³/mol. The molecule has 0 saturated carbocycles. The number of rotatable bonds is 11. The van der Waals surface area contributed by atoms with Gasteiger partial charge in [-0.15, -0.1) is 10.2 Å². The van der Waals surface area contributed by atoms with E-state index in [1.807, 2.05) is 0 Å². The lowest BCUT2D eigenvalue weighted by atomic mass is 10.2. The number of nitro benzene ring substituents is 1. The van der Waals surface area contributed by atoms with E-state index in [2.05, 4.69) is 15.5 Å². The number of azo groups is 1. The van der Waals surface area contributed by atoms with Crippen LogP contribution in [0.25, 0.3) is 0 Å². The van der Waals surface area contributed by atoms with E-state index in [4.69, 9.17) is 21.1 Å². The van der Waals surface area contributed by atoms with Crippen LogP contribution in [-0.2, 0) is 23.9 Å². The molecule has 0 spiro atoms. The van der Waals surface area contributed by atoms with Gasteiger partial charge in [0.15, 0.2) is 0 Å². The fourth-order valence-electron chi connectivity index (χ4n) is 2.87. The molecule has 0 saturated heterocycles. The van der Waals surface area contributed by atoms with Gasteiger partial charge < -0.3 is 19.7 Å². The molecule has 13 heteroatoms. The monoisotopic (exact) mass is 505 g/mol. The first-order chi connectivity index (χ1) is 16.6. The molecule has 2 aromatic rings. The summed E-state index contributed by atoms with van der Waals surface area (Å²) in [5.74, 6) is -1.22. The molecular weight excluding hydrogens is 482 g/mol. The predicted octanol–water partition coefficient (Wildman–Crippen LogP) is 4.55. The van der Waals surface area contributed by atoms with Crippen molar-refractivity contribution in [1.82, 2.24) is 0 Å². The highest BCUT2D eigenvalue weighted by Crippen LogP contribution is 2.34. The Kier molecular flexibility index (Phi) is 10.1. The number of carbonyl (C=O) groups excluding carboxylic acids is 3. The number of benzene rings is 2. The van der Waals surface area contributed by atoms with Crippen LogP contribution in [0.5, 0.6) is 0 Å². The van der Waals surface area contributed by atoms with E-state index in [0.717, 1.165) is 0 Å². The van der Waals surface area contributed by atoms with E-state index < -0.39 is 16.9 Å². The van der Waals surface area contributed by atoms with Crippen molar-refractivity contribution in [3.05, 3.63) is 51.5 Å². The lowest BCUT2D eigenvalue weighted by Crippen LogP contribution is -2.32. The number of anilines is 2. The Hall–Kier alpha value is -4.06. The number of esters is 2. The molecule has 0 unspecified atom stereocenters. The summed E-state index contributed by atoms with van der Waals surface area (Å²) in [5.41, 5.74) is 1.09. The van der Waals surface area contributed by atoms with Crippen molar-refractivity contribution in [1.29, 1.82) is 0 Å². The van der Waals surface area contributed by atoms with Crippen LogP contribution in [0.1, 0.15) is 20.8 Å². The standard InChI is InChI=1S/C22H24ClN5O7/c1-14(29)24-22-12-17(27(8-10-34-15(2)30)9-11-35-16(3)31)5-7-20(22)25-26-21-13-18(28(32)33)4-6-19(21)23/h4-7,12-13H,8-11H2,1-3H3,(H,24,29). The normalized spacial score (nSPS) is 10.6. The molecule has 2 aromatic carbocycles. The van der Waals surface area contributed by atoms with Crippen molar-refractivity contribution in [2.24, 2.45) is 10.2 Å². The van der Waals surface area contributed by atoms with Crippen LogP contribution in [0.15, 0.2) is 46.6 Å². The summed E-state index contributed by atoms with van der Waals surface area (Å²) in [7, 11) is 0. The van der Waals surface area contributed by atoms with E-state index in [0.29, 0.717) is 24.5 Å². The van der Waals surface area contributed by atoms with Gasteiger partial charge in [0, 0.05) is 38.6 Å². The van der Waals surface area contributed by atoms with Crippen LogP contribution in [0.2, 0.25) is 5.02 Å². The number of nitro groups is 1. The van der Waals surface area contributed by atoms with Crippen molar-refractivity contribution in [3.63, 3.8) is 0 Å². The van der Waals surface area contributed by atoms with Gasteiger partial charge in [0.05, 0.1) is 28.7 Å². The van der Waals surface area contributed by atoms with Crippen LogP contribution in [0, 0.1) is 10.1 Å². The molecule has 1 N–H and O–H groups in total. The lowest BCUT2D eigenvalue weighted by Gasteiger charge is -2.25. The van der Waals surface area contributed by atoms with E-state index in [1.54, 1.807) is 23.1 Å². The number of hydrogen-bond donors (Lipinski definition) is 1. The van der Waals surface area contributed by atoms with Crippen molar-refractivity contribution in [2.75, 3.05) is 36.5 Å². The summed E-state index contributed by atoms with van der Waals surface area (Å²) < 4.78 is 10.0. The molecule has 0 fully saturated rings. The number of amides is 1. The molecule has 0 bridgehead atoms. The zero-order valence-electron chi connectivity index (χ0n) is 19.3. The average Bonchev–Trinajstić information content (AvgIpc) is 2.77. The fourth-order valence-corrected chi connectivity index (χ4v) is 3.02. The summed E-state index contributed by atoms with van der Waals surface area (Å²) in [4.78, 5) is 46.3. The Bertz CT molecular complexity index is 1120. The van der Waals surface area contributed by atoms with Gasteiger partial charge in [0.2, 0.25) is 5.91 Å². The number of halogens is 1. The molecule has 2 rings (SSSR count). The van der Waals surface area contributed by atoms with Gasteiger partial charge in [-0.1, -0.05) is 11.6 Å². The summed E-state index contributed by atoms with van der Waals surface area (Å²) in [5, 5.41) is 22.0. The van der Waals surface area contributed by atoms with Crippen LogP contribution in [0.4, 0.5) is 28.4 Å². The van der Waals surface area contributed by atoms with Gasteiger partial charge in [-0.25, -0.2) is 0 Å². The van der Waals surface area contributed by atoms with Crippen molar-refractivity contribution in [3.8, 4) is 0 Å². The number of nitrogens with zero attached hydrogens (tertiary/aromatic N) is 4. The molecular formula is C22H24ClN5O7. The van der Waals surface area contributed by atoms with E-state index in [-0.39, 0.29) is 41.2 Å². The molecule has 0 aromatic heterocycles. The molecule has 0 radical (unpaired) electrons. The van der Waals surface area contributed by atoms with Gasteiger partial charge in [-0.3, -0.25) is 24.5 Å². The summed E-state index contributed by atoms with van der Waals surface area (Å²) in [6, 6.07) is 8.68. The molecule has 12 nitrogen and oxygen atoms in total. The highest BCUT2D eigenvalue weighted by molar-refractivity contribution is 6.33. The van der Waals surface area contributed by atoms with Crippen LogP contribution >= 0.6 is 11.6 Å². The van der Waals surface area contributed by atoms with Crippen LogP contribution in [0.3, 0.4) is 0 Å². The quantitative estimate of drug-likeness (QED) is 0.202. The van der Waals surface area contributed by atoms with E-state index >= 15 is 0 Å². The summed E-state index contributed by atoms with van der Waals surface area (Å²) in [6.45, 7) is 4.70. The third-order valence-corrected chi connectivity index (χ3v) is 4.71. The van der Waals surface area contributed by atoms with Crippen molar-refractivity contribution in [2.45, 2.75) is 20.8 Å². The first kappa shape index (κ1) is 27.2. The molecule has 0 aliphatic heterocycles. The molecule has 35 heavy (non-hydrogen) atoms. The number of non-ortho nitro benzene ring substituents is 1. The maximum absolute atomic E-state index is 11.8. The smallest absolute Gasteiger partial charge is 0.302 e. The summed E-state index contributed by atoms with van der Waals surface area (Å²) >= 11 is 6.08. The first-order valence-corrected chi connectivity index (χ1v) is 10.7. The van der Waals surface area contributed by atoms with Gasteiger partial charge in [-0.2, -0.15) is 0 Å². The minimum absolute atomic E-state index is 0.0862. The Morgan fingerprint density at radius 2 is 1.57 bits per heavy atom. The highest BCUT2D eigenvalue weighted by atomic mass is 35.5. The SMILES string of the molecule is CC(=O)Nc1cc(N(CCOC(C)=O)CCOC(C)=O)ccc1N=Nc1cc([N+](=O)[O-])ccc1Cl. The average molecular weight is 506 g/mol. The molecule has 0 aliphatic rings. The highest BCUT2D eigenvalue weighted by Gasteiger charge is 2.14. The topological polar surface area (TPSA) is 153 Å². The zero-order chi connectivity index (χ0) is 26.0. The van der Waals surface area contributed by atoms with E-state index in [9.17, 15) is 24.5 Å². The van der Waals surface area contributed by atoms with Gasteiger partial charge >= 0.3 is 11.9 Å². The third kappa shape index (κ3) is 9.01. The first-order valence-electron chi connectivity index (χ1n) is 10.4. The lowest BCUT2D eigenvalue weighted by molar-refractivity contribution is -0.384. The van der Waals surface area contributed by atoms with E-state index in [1.165, 1.54) is 39.0 Å². The second-order valence-corrected chi connectivity index (χ2v) is 7.55. The summed E-state index contributed by atoms with van der Waals surface area (Å²) in [6.07, 6.45) is 0.